The van der Waals surface area contributed by atoms with Crippen molar-refractivity contribution in [1.82, 2.24) is 15.2 Å². The van der Waals surface area contributed by atoms with Crippen molar-refractivity contribution in [2.45, 2.75) is 19.9 Å². The van der Waals surface area contributed by atoms with Crippen LogP contribution in [-0.4, -0.2) is 41.5 Å². The number of aryl methyl sites for hydroxylation is 1. The van der Waals surface area contributed by atoms with Gasteiger partial charge in [-0.1, -0.05) is 0 Å². The van der Waals surface area contributed by atoms with Gasteiger partial charge in [-0.3, -0.25) is 9.59 Å². The first-order chi connectivity index (χ1) is 8.09. The monoisotopic (exact) mass is 271 g/mol. The van der Waals surface area contributed by atoms with Crippen LogP contribution in [0.25, 0.3) is 0 Å². The molecule has 0 radical (unpaired) electrons. The topological polar surface area (TPSA) is 65.2 Å². The van der Waals surface area contributed by atoms with Crippen molar-refractivity contribution < 1.29 is 4.79 Å². The van der Waals surface area contributed by atoms with Crippen LogP contribution in [0.15, 0.2) is 16.9 Å². The van der Waals surface area contributed by atoms with Crippen LogP contribution < -0.4 is 10.9 Å². The molecule has 1 amide bonds. The molecule has 0 aromatic carbocycles. The minimum absolute atomic E-state index is 0. The highest BCUT2D eigenvalue weighted by molar-refractivity contribution is 5.94. The maximum Gasteiger partial charge on any atom is 0.260 e. The van der Waals surface area contributed by atoms with Gasteiger partial charge in [-0.25, -0.2) is 0 Å². The normalized spacial score (nSPS) is 19.2. The summed E-state index contributed by atoms with van der Waals surface area (Å²) in [4.78, 5) is 28.3. The third-order valence-electron chi connectivity index (χ3n) is 3.05. The van der Waals surface area contributed by atoms with Crippen molar-refractivity contribution in [3.63, 3.8) is 0 Å². The number of amides is 1. The molecule has 1 saturated heterocycles. The van der Waals surface area contributed by atoms with Gasteiger partial charge in [-0.2, -0.15) is 0 Å². The van der Waals surface area contributed by atoms with Crippen molar-refractivity contribution in [2.75, 3.05) is 19.6 Å². The number of nitrogens with one attached hydrogen (secondary N) is 2. The predicted octanol–water partition coefficient (Wildman–Crippen LogP) is 0.539. The first-order valence-corrected chi connectivity index (χ1v) is 5.81. The van der Waals surface area contributed by atoms with Gasteiger partial charge >= 0.3 is 0 Å². The van der Waals surface area contributed by atoms with E-state index in [1.165, 1.54) is 0 Å². The number of hydrogen-bond acceptors (Lipinski definition) is 3. The molecule has 2 heterocycles. The Kier molecular flexibility index (Phi) is 4.93. The number of H-pyrrole nitrogens is 1. The minimum atomic E-state index is -0.305. The van der Waals surface area contributed by atoms with Gasteiger partial charge < -0.3 is 15.2 Å². The van der Waals surface area contributed by atoms with Crippen molar-refractivity contribution in [1.29, 1.82) is 0 Å². The highest BCUT2D eigenvalue weighted by Gasteiger charge is 2.25. The lowest BCUT2D eigenvalue weighted by Crippen LogP contribution is -2.53. The summed E-state index contributed by atoms with van der Waals surface area (Å²) in [6.45, 7) is 5.97. The molecule has 6 heteroatoms. The van der Waals surface area contributed by atoms with E-state index in [1.807, 2.05) is 6.92 Å². The van der Waals surface area contributed by atoms with Crippen LogP contribution in [0.1, 0.15) is 23.0 Å². The number of pyridine rings is 1. The molecular weight excluding hydrogens is 254 g/mol. The van der Waals surface area contributed by atoms with Crippen LogP contribution in [0.3, 0.4) is 0 Å². The zero-order chi connectivity index (χ0) is 12.4. The Balaban J connectivity index is 0.00000162. The molecule has 1 unspecified atom stereocenters. The molecule has 1 aliphatic rings. The lowest BCUT2D eigenvalue weighted by atomic mass is 10.1. The van der Waals surface area contributed by atoms with E-state index in [9.17, 15) is 9.59 Å². The molecule has 1 aromatic heterocycles. The Bertz CT molecular complexity index is 486. The summed E-state index contributed by atoms with van der Waals surface area (Å²) in [5.74, 6) is -0.180. The maximum atomic E-state index is 12.2. The smallest absolute Gasteiger partial charge is 0.260 e. The molecule has 1 aliphatic heterocycles. The van der Waals surface area contributed by atoms with E-state index in [2.05, 4.69) is 10.3 Å². The number of aromatic nitrogens is 1. The molecule has 5 nitrogen and oxygen atoms in total. The van der Waals surface area contributed by atoms with Crippen LogP contribution in [0.5, 0.6) is 0 Å². The number of nitrogens with zero attached hydrogens (tertiary/aromatic N) is 1. The van der Waals surface area contributed by atoms with Gasteiger partial charge in [-0.15, -0.1) is 12.4 Å². The summed E-state index contributed by atoms with van der Waals surface area (Å²) in [5, 5.41) is 3.21. The minimum Gasteiger partial charge on any atom is -0.333 e. The van der Waals surface area contributed by atoms with E-state index < -0.39 is 0 Å². The average molecular weight is 272 g/mol. The fourth-order valence-electron chi connectivity index (χ4n) is 2.04. The Labute approximate surface area is 112 Å². The molecule has 0 bridgehead atoms. The number of piperazine rings is 1. The number of halogens is 1. The third kappa shape index (κ3) is 2.91. The number of aromatic amines is 1. The highest BCUT2D eigenvalue weighted by atomic mass is 35.5. The molecule has 0 spiro atoms. The quantitative estimate of drug-likeness (QED) is 0.784. The van der Waals surface area contributed by atoms with Crippen LogP contribution >= 0.6 is 12.4 Å². The molecule has 1 fully saturated rings. The lowest BCUT2D eigenvalue weighted by molar-refractivity contribution is 0.0654. The number of rotatable bonds is 1. The van der Waals surface area contributed by atoms with E-state index in [4.69, 9.17) is 0 Å². The van der Waals surface area contributed by atoms with Crippen molar-refractivity contribution in [2.24, 2.45) is 0 Å². The Morgan fingerprint density at radius 3 is 2.78 bits per heavy atom. The Morgan fingerprint density at radius 2 is 2.17 bits per heavy atom. The van der Waals surface area contributed by atoms with E-state index in [0.29, 0.717) is 6.54 Å². The van der Waals surface area contributed by atoms with Gasteiger partial charge in [-0.05, 0) is 26.0 Å². The molecule has 18 heavy (non-hydrogen) atoms. The van der Waals surface area contributed by atoms with E-state index in [-0.39, 0.29) is 35.5 Å². The summed E-state index contributed by atoms with van der Waals surface area (Å²) in [7, 11) is 0. The summed E-state index contributed by atoms with van der Waals surface area (Å²) in [6.07, 6.45) is 0. The molecule has 2 rings (SSSR count). The summed E-state index contributed by atoms with van der Waals surface area (Å²) >= 11 is 0. The average Bonchev–Trinajstić information content (AvgIpc) is 2.29. The second-order valence-corrected chi connectivity index (χ2v) is 4.44. The zero-order valence-corrected chi connectivity index (χ0v) is 11.3. The van der Waals surface area contributed by atoms with Gasteiger partial charge in [0.1, 0.15) is 5.56 Å². The van der Waals surface area contributed by atoms with E-state index in [0.717, 1.165) is 18.8 Å². The van der Waals surface area contributed by atoms with Gasteiger partial charge in [0.2, 0.25) is 0 Å². The van der Waals surface area contributed by atoms with Gasteiger partial charge in [0.05, 0.1) is 0 Å². The standard InChI is InChI=1S/C12H17N3O2.ClH/c1-8-3-4-10(11(16)14-8)12(17)15-6-5-13-7-9(15)2;/h3-4,9,13H,5-7H2,1-2H3,(H,14,16);1H. The van der Waals surface area contributed by atoms with Gasteiger partial charge in [0.25, 0.3) is 11.5 Å². The van der Waals surface area contributed by atoms with Crippen LogP contribution in [-0.2, 0) is 0 Å². The van der Waals surface area contributed by atoms with Crippen LogP contribution in [0, 0.1) is 6.92 Å². The number of carbonyl (C=O) groups excluding carboxylic acids is 1. The molecular formula is C12H18ClN3O2. The second-order valence-electron chi connectivity index (χ2n) is 4.44. The summed E-state index contributed by atoms with van der Waals surface area (Å²) in [5.41, 5.74) is 0.685. The van der Waals surface area contributed by atoms with Crippen molar-refractivity contribution in [3.05, 3.63) is 33.7 Å². The lowest BCUT2D eigenvalue weighted by Gasteiger charge is -2.33. The fraction of sp³-hybridized carbons (Fsp3) is 0.500. The maximum absolute atomic E-state index is 12.2. The second kappa shape index (κ2) is 6.02. The molecule has 0 saturated carbocycles. The zero-order valence-electron chi connectivity index (χ0n) is 10.5. The number of hydrogen-bond donors (Lipinski definition) is 2. The fourth-order valence-corrected chi connectivity index (χ4v) is 2.04. The Hall–Kier alpha value is -1.33. The molecule has 1 aromatic rings. The summed E-state index contributed by atoms with van der Waals surface area (Å²) in [6, 6.07) is 3.48. The summed E-state index contributed by atoms with van der Waals surface area (Å²) < 4.78 is 0. The van der Waals surface area contributed by atoms with E-state index in [1.54, 1.807) is 24.0 Å². The molecule has 0 aliphatic carbocycles. The molecule has 1 atom stereocenters. The largest absolute Gasteiger partial charge is 0.333 e. The number of carbonyl (C=O) groups is 1. The SMILES string of the molecule is Cc1ccc(C(=O)N2CCNCC2C)c(=O)[nH]1.Cl. The van der Waals surface area contributed by atoms with Crippen LogP contribution in [0.4, 0.5) is 0 Å². The van der Waals surface area contributed by atoms with E-state index >= 15 is 0 Å². The predicted molar refractivity (Wildman–Crippen MR) is 72.4 cm³/mol. The highest BCUT2D eigenvalue weighted by Crippen LogP contribution is 2.07. The molecule has 100 valence electrons. The third-order valence-corrected chi connectivity index (χ3v) is 3.05. The van der Waals surface area contributed by atoms with Crippen molar-refractivity contribution in [3.8, 4) is 0 Å². The van der Waals surface area contributed by atoms with Crippen molar-refractivity contribution >= 4 is 18.3 Å². The first kappa shape index (κ1) is 14.7. The van der Waals surface area contributed by atoms with Crippen LogP contribution in [0.2, 0.25) is 0 Å². The van der Waals surface area contributed by atoms with Gasteiger partial charge in [0, 0.05) is 31.4 Å². The van der Waals surface area contributed by atoms with Gasteiger partial charge in [0.15, 0.2) is 0 Å². The first-order valence-electron chi connectivity index (χ1n) is 5.81. The molecule has 2 N–H and O–H groups in total. The Morgan fingerprint density at radius 1 is 1.44 bits per heavy atom.